The fourth-order valence-electron chi connectivity index (χ4n) is 4.57. The van der Waals surface area contributed by atoms with Crippen molar-refractivity contribution in [2.24, 2.45) is 0 Å². The highest BCUT2D eigenvalue weighted by molar-refractivity contribution is 6.30. The van der Waals surface area contributed by atoms with Crippen molar-refractivity contribution in [1.82, 2.24) is 14.8 Å². The lowest BCUT2D eigenvalue weighted by atomic mass is 9.88. The molecule has 2 unspecified atom stereocenters. The van der Waals surface area contributed by atoms with Crippen LogP contribution in [0, 0.1) is 5.82 Å². The Morgan fingerprint density at radius 2 is 1.89 bits per heavy atom. The van der Waals surface area contributed by atoms with Gasteiger partial charge in [-0.15, -0.1) is 0 Å². The van der Waals surface area contributed by atoms with Gasteiger partial charge in [-0.25, -0.2) is 4.39 Å². The Bertz CT molecular complexity index is 1310. The topological polar surface area (TPSA) is 65.9 Å². The maximum absolute atomic E-state index is 16.1. The van der Waals surface area contributed by atoms with Crippen LogP contribution >= 0.6 is 23.2 Å². The molecule has 2 aromatic carbocycles. The van der Waals surface area contributed by atoms with Gasteiger partial charge in [0.1, 0.15) is 5.82 Å². The highest BCUT2D eigenvalue weighted by Crippen LogP contribution is 2.48. The monoisotopic (exact) mass is 519 g/mol. The average Bonchev–Trinajstić information content (AvgIpc) is 3.03. The summed E-state index contributed by atoms with van der Waals surface area (Å²) in [6.45, 7) is 1.58. The van der Waals surface area contributed by atoms with Gasteiger partial charge in [0.15, 0.2) is 5.72 Å². The van der Waals surface area contributed by atoms with Crippen molar-refractivity contribution in [2.75, 3.05) is 27.7 Å². The molecule has 6 nitrogen and oxygen atoms in total. The fraction of sp³-hybridized carbons (Fsp3) is 0.308. The molecule has 0 aliphatic carbocycles. The van der Waals surface area contributed by atoms with E-state index in [-0.39, 0.29) is 29.8 Å². The summed E-state index contributed by atoms with van der Waals surface area (Å²) in [7, 11) is 1.66. The second kappa shape index (κ2) is 9.48. The molecule has 0 saturated heterocycles. The quantitative estimate of drug-likeness (QED) is 0.485. The van der Waals surface area contributed by atoms with Crippen LogP contribution in [-0.4, -0.2) is 53.5 Å². The van der Waals surface area contributed by atoms with Gasteiger partial charge in [0.2, 0.25) is 0 Å². The second-order valence-electron chi connectivity index (χ2n) is 9.02. The largest absolute Gasteiger partial charge is 0.384 e. The molecule has 0 bridgehead atoms. The molecular weight excluding hydrogens is 492 g/mol. The molecule has 0 fully saturated rings. The minimum atomic E-state index is -1.97. The number of pyridine rings is 1. The number of carbonyl (C=O) groups is 1. The van der Waals surface area contributed by atoms with Gasteiger partial charge in [-0.1, -0.05) is 35.3 Å². The summed E-state index contributed by atoms with van der Waals surface area (Å²) in [5.74, 6) is -1.43. The van der Waals surface area contributed by atoms with E-state index in [4.69, 9.17) is 30.7 Å². The molecule has 3 aromatic rings. The number of aromatic nitrogens is 1. The summed E-state index contributed by atoms with van der Waals surface area (Å²) in [6.07, 6.45) is 1.42. The summed E-state index contributed by atoms with van der Waals surface area (Å²) in [4.78, 5) is 21.2. The number of hydrogen-bond donors (Lipinski definition) is 1. The minimum Gasteiger partial charge on any atom is -0.384 e. The molecule has 0 spiro atoms. The Morgan fingerprint density at radius 1 is 1.20 bits per heavy atom. The van der Waals surface area contributed by atoms with Crippen LogP contribution in [0.15, 0.2) is 54.7 Å². The number of fused-ring (bicyclic) bond motifs is 1. The molecule has 9 heteroatoms. The molecule has 35 heavy (non-hydrogen) atoms. The zero-order valence-corrected chi connectivity index (χ0v) is 20.9. The van der Waals surface area contributed by atoms with Gasteiger partial charge in [-0.2, -0.15) is 0 Å². The SMILES string of the molecule is [2H]C([2H])OC1(c2ccc(Cl)cc2)c2c(F)cc(C(C)(O)CN(C)C)cc2C(=O)N1Cc1ccc(Cl)cn1. The maximum atomic E-state index is 16.1. The summed E-state index contributed by atoms with van der Waals surface area (Å²) in [5, 5.41) is 11.9. The van der Waals surface area contributed by atoms with E-state index in [9.17, 15) is 9.90 Å². The molecule has 4 rings (SSSR count). The lowest BCUT2D eigenvalue weighted by Gasteiger charge is -2.38. The van der Waals surface area contributed by atoms with Crippen molar-refractivity contribution in [3.8, 4) is 0 Å². The number of aliphatic hydroxyl groups is 1. The normalized spacial score (nSPS) is 20.1. The first-order valence-corrected chi connectivity index (χ1v) is 11.5. The fourth-order valence-corrected chi connectivity index (χ4v) is 4.81. The van der Waals surface area contributed by atoms with Crippen LogP contribution in [0.5, 0.6) is 0 Å². The lowest BCUT2D eigenvalue weighted by molar-refractivity contribution is -0.0886. The standard InChI is InChI=1S/C26H26Cl2FN3O3/c1-25(34,15-31(2)3)17-11-21-23(22(29)12-17)26(35-4,16-5-7-18(27)8-6-16)32(24(21)33)14-20-10-9-19(28)13-30-20/h5-13,34H,14-15H2,1-4H3/i4D2. The molecule has 0 saturated carbocycles. The van der Waals surface area contributed by atoms with E-state index < -0.39 is 30.1 Å². The number of rotatable bonds is 7. The van der Waals surface area contributed by atoms with Crippen molar-refractivity contribution < 1.29 is 21.8 Å². The summed E-state index contributed by atoms with van der Waals surface area (Å²) < 4.78 is 37.8. The van der Waals surface area contributed by atoms with Crippen LogP contribution < -0.4 is 0 Å². The third kappa shape index (κ3) is 4.55. The first kappa shape index (κ1) is 22.9. The molecule has 2 atom stereocenters. The molecule has 2 heterocycles. The summed E-state index contributed by atoms with van der Waals surface area (Å²) >= 11 is 12.1. The molecule has 0 radical (unpaired) electrons. The number of methoxy groups -OCH3 is 1. The number of ether oxygens (including phenoxy) is 1. The Morgan fingerprint density at radius 3 is 2.49 bits per heavy atom. The number of benzene rings is 2. The number of halogens is 3. The third-order valence-electron chi connectivity index (χ3n) is 6.05. The molecule has 1 N–H and O–H groups in total. The van der Waals surface area contributed by atoms with Crippen LogP contribution in [0.3, 0.4) is 0 Å². The molecule has 1 aromatic heterocycles. The van der Waals surface area contributed by atoms with Crippen LogP contribution in [0.25, 0.3) is 0 Å². The minimum absolute atomic E-state index is 0.0430. The second-order valence-corrected chi connectivity index (χ2v) is 9.89. The Kier molecular flexibility index (Phi) is 6.20. The van der Waals surface area contributed by atoms with Crippen molar-refractivity contribution in [3.05, 3.63) is 98.5 Å². The average molecular weight is 520 g/mol. The van der Waals surface area contributed by atoms with Crippen molar-refractivity contribution in [3.63, 3.8) is 0 Å². The number of carbonyl (C=O) groups excluding carboxylic acids is 1. The Hall–Kier alpha value is -2.55. The van der Waals surface area contributed by atoms with E-state index in [0.29, 0.717) is 21.3 Å². The highest BCUT2D eigenvalue weighted by atomic mass is 35.5. The maximum Gasteiger partial charge on any atom is 0.257 e. The van der Waals surface area contributed by atoms with Gasteiger partial charge in [-0.3, -0.25) is 14.7 Å². The van der Waals surface area contributed by atoms with Crippen LogP contribution in [0.2, 0.25) is 10.0 Å². The van der Waals surface area contributed by atoms with Gasteiger partial charge in [0, 0.05) is 30.4 Å². The van der Waals surface area contributed by atoms with Crippen LogP contribution in [0.1, 0.15) is 42.4 Å². The van der Waals surface area contributed by atoms with E-state index in [2.05, 4.69) is 4.98 Å². The Labute approximate surface area is 216 Å². The van der Waals surface area contributed by atoms with Crippen molar-refractivity contribution in [1.29, 1.82) is 0 Å². The zero-order valence-electron chi connectivity index (χ0n) is 21.4. The van der Waals surface area contributed by atoms with Gasteiger partial charge in [0.05, 0.1) is 36.7 Å². The van der Waals surface area contributed by atoms with E-state index in [1.807, 2.05) is 0 Å². The molecule has 1 aliphatic rings. The molecular formula is C26H26Cl2FN3O3. The van der Waals surface area contributed by atoms with E-state index in [1.54, 1.807) is 55.4 Å². The van der Waals surface area contributed by atoms with Crippen LogP contribution in [-0.2, 0) is 22.6 Å². The molecule has 184 valence electrons. The zero-order chi connectivity index (χ0) is 27.1. The van der Waals surface area contributed by atoms with Gasteiger partial charge in [-0.05, 0) is 63.0 Å². The van der Waals surface area contributed by atoms with Crippen molar-refractivity contribution in [2.45, 2.75) is 24.8 Å². The number of hydrogen-bond acceptors (Lipinski definition) is 5. The summed E-state index contributed by atoms with van der Waals surface area (Å²) in [5.41, 5.74) is -2.70. The van der Waals surface area contributed by atoms with Gasteiger partial charge in [0.25, 0.3) is 5.91 Å². The number of likely N-dealkylation sites (N-methyl/N-ethyl adjacent to an activating group) is 1. The first-order valence-electron chi connectivity index (χ1n) is 11.9. The van der Waals surface area contributed by atoms with Gasteiger partial charge < -0.3 is 14.7 Å². The van der Waals surface area contributed by atoms with Gasteiger partial charge >= 0.3 is 0 Å². The van der Waals surface area contributed by atoms with E-state index in [1.165, 1.54) is 24.1 Å². The van der Waals surface area contributed by atoms with Crippen LogP contribution in [0.4, 0.5) is 4.39 Å². The number of nitrogens with zero attached hydrogens (tertiary/aromatic N) is 3. The van der Waals surface area contributed by atoms with E-state index >= 15 is 4.39 Å². The predicted molar refractivity (Wildman–Crippen MR) is 133 cm³/mol. The van der Waals surface area contributed by atoms with Crippen molar-refractivity contribution >= 4 is 29.1 Å². The molecule has 1 aliphatic heterocycles. The van der Waals surface area contributed by atoms with E-state index in [0.717, 1.165) is 6.07 Å². The lowest BCUT2D eigenvalue weighted by Crippen LogP contribution is -2.46. The highest BCUT2D eigenvalue weighted by Gasteiger charge is 2.54. The Balaban J connectivity index is 1.98. The smallest absolute Gasteiger partial charge is 0.257 e. The number of amides is 1. The summed E-state index contributed by atoms with van der Waals surface area (Å²) in [6, 6.07) is 12.1. The predicted octanol–water partition coefficient (Wildman–Crippen LogP) is 4.80. The third-order valence-corrected chi connectivity index (χ3v) is 6.52. The molecule has 1 amide bonds. The first-order chi connectivity index (χ1) is 17.3.